The summed E-state index contributed by atoms with van der Waals surface area (Å²) >= 11 is 1.47. The van der Waals surface area contributed by atoms with Crippen LogP contribution in [0.2, 0.25) is 0 Å². The third-order valence-electron chi connectivity index (χ3n) is 4.76. The maximum atomic E-state index is 14.5. The van der Waals surface area contributed by atoms with Crippen LogP contribution in [0.5, 0.6) is 0 Å². The summed E-state index contributed by atoms with van der Waals surface area (Å²) in [6, 6.07) is 16.0. The lowest BCUT2D eigenvalue weighted by Gasteiger charge is -2.20. The molecule has 0 bridgehead atoms. The zero-order valence-electron chi connectivity index (χ0n) is 16.7. The molecule has 1 unspecified atom stereocenters. The number of halogens is 1. The van der Waals surface area contributed by atoms with Crippen molar-refractivity contribution >= 4 is 27.3 Å². The summed E-state index contributed by atoms with van der Waals surface area (Å²) in [5.74, 6) is -1.45. The van der Waals surface area contributed by atoms with Gasteiger partial charge in [-0.05, 0) is 35.2 Å². The van der Waals surface area contributed by atoms with E-state index in [1.807, 2.05) is 47.8 Å². The molecule has 1 amide bonds. The van der Waals surface area contributed by atoms with Gasteiger partial charge in [0.2, 0.25) is 10.0 Å². The molecule has 3 aromatic rings. The van der Waals surface area contributed by atoms with Gasteiger partial charge in [0.25, 0.3) is 5.91 Å². The zero-order chi connectivity index (χ0) is 21.7. The number of nitrogens with zero attached hydrogens (tertiary/aromatic N) is 1. The predicted octanol–water partition coefficient (Wildman–Crippen LogP) is 4.44. The van der Waals surface area contributed by atoms with Gasteiger partial charge >= 0.3 is 0 Å². The van der Waals surface area contributed by atoms with Gasteiger partial charge in [-0.15, -0.1) is 11.3 Å². The van der Waals surface area contributed by atoms with Crippen molar-refractivity contribution in [3.8, 4) is 0 Å². The third-order valence-corrected chi connectivity index (χ3v) is 7.74. The molecule has 3 rings (SSSR count). The highest BCUT2D eigenvalue weighted by Crippen LogP contribution is 2.27. The van der Waals surface area contributed by atoms with Crippen molar-refractivity contribution in [2.24, 2.45) is 0 Å². The first-order valence-corrected chi connectivity index (χ1v) is 11.9. The van der Waals surface area contributed by atoms with Crippen molar-refractivity contribution in [2.45, 2.75) is 24.8 Å². The van der Waals surface area contributed by atoms with E-state index in [4.69, 9.17) is 0 Å². The summed E-state index contributed by atoms with van der Waals surface area (Å²) in [7, 11) is -3.81. The van der Waals surface area contributed by atoms with Crippen molar-refractivity contribution in [1.82, 2.24) is 9.62 Å². The van der Waals surface area contributed by atoms with E-state index < -0.39 is 27.8 Å². The Bertz CT molecular complexity index is 1100. The Morgan fingerprint density at radius 2 is 1.77 bits per heavy atom. The largest absolute Gasteiger partial charge is 0.340 e. The number of amides is 1. The summed E-state index contributed by atoms with van der Waals surface area (Å²) in [6.07, 6.45) is 0. The van der Waals surface area contributed by atoms with Gasteiger partial charge in [0.15, 0.2) is 0 Å². The monoisotopic (exact) mass is 446 g/mol. The number of sulfonamides is 1. The topological polar surface area (TPSA) is 66.5 Å². The molecule has 0 spiro atoms. The van der Waals surface area contributed by atoms with Crippen LogP contribution in [0.1, 0.15) is 40.7 Å². The molecule has 30 heavy (non-hydrogen) atoms. The fourth-order valence-corrected chi connectivity index (χ4v) is 5.47. The van der Waals surface area contributed by atoms with Crippen molar-refractivity contribution in [3.05, 3.63) is 87.9 Å². The molecule has 5 nitrogen and oxygen atoms in total. The molecule has 158 valence electrons. The quantitative estimate of drug-likeness (QED) is 0.556. The van der Waals surface area contributed by atoms with Crippen molar-refractivity contribution < 1.29 is 17.6 Å². The summed E-state index contributed by atoms with van der Waals surface area (Å²) < 4.78 is 41.3. The molecule has 1 heterocycles. The van der Waals surface area contributed by atoms with Gasteiger partial charge in [-0.2, -0.15) is 4.31 Å². The number of carbonyl (C=O) groups is 1. The lowest BCUT2D eigenvalue weighted by molar-refractivity contribution is 0.0939. The molecule has 2 aromatic carbocycles. The van der Waals surface area contributed by atoms with E-state index >= 15 is 0 Å². The Balaban J connectivity index is 1.96. The highest BCUT2D eigenvalue weighted by atomic mass is 32.2. The van der Waals surface area contributed by atoms with Crippen LogP contribution in [-0.2, 0) is 10.0 Å². The van der Waals surface area contributed by atoms with Crippen LogP contribution in [0.25, 0.3) is 0 Å². The molecule has 1 atom stereocenters. The summed E-state index contributed by atoms with van der Waals surface area (Å²) in [5.41, 5.74) is 0.543. The maximum Gasteiger partial charge on any atom is 0.255 e. The Hall–Kier alpha value is -2.55. The molecule has 0 fully saturated rings. The predicted molar refractivity (Wildman–Crippen MR) is 117 cm³/mol. The molecule has 0 radical (unpaired) electrons. The minimum absolute atomic E-state index is 0.106. The van der Waals surface area contributed by atoms with Crippen molar-refractivity contribution in [3.63, 3.8) is 0 Å². The van der Waals surface area contributed by atoms with E-state index in [1.54, 1.807) is 13.8 Å². The number of nitrogens with one attached hydrogen (secondary N) is 1. The molecule has 0 saturated carbocycles. The van der Waals surface area contributed by atoms with Crippen molar-refractivity contribution in [1.29, 1.82) is 0 Å². The lowest BCUT2D eigenvalue weighted by atomic mass is 10.0. The summed E-state index contributed by atoms with van der Waals surface area (Å²) in [6.45, 7) is 4.02. The molecule has 1 aromatic heterocycles. The minimum Gasteiger partial charge on any atom is -0.340 e. The van der Waals surface area contributed by atoms with E-state index in [-0.39, 0.29) is 23.5 Å². The van der Waals surface area contributed by atoms with Gasteiger partial charge in [0, 0.05) is 18.0 Å². The number of rotatable bonds is 8. The number of hydrogen-bond donors (Lipinski definition) is 1. The average Bonchev–Trinajstić information content (AvgIpc) is 3.28. The molecule has 8 heteroatoms. The Kier molecular flexibility index (Phi) is 7.02. The second-order valence-corrected chi connectivity index (χ2v) is 9.48. The third kappa shape index (κ3) is 4.61. The zero-order valence-corrected chi connectivity index (χ0v) is 18.3. The standard InChI is InChI=1S/C22H23FN2O3S2/c1-3-25(4-2)30(27,28)17-12-13-19(23)18(15-17)22(26)24-21(20-11-8-14-29-20)16-9-6-5-7-10-16/h5-15,21H,3-4H2,1-2H3,(H,24,26). The van der Waals surface area contributed by atoms with E-state index in [0.717, 1.165) is 22.6 Å². The van der Waals surface area contributed by atoms with Gasteiger partial charge in [-0.25, -0.2) is 12.8 Å². The molecular formula is C22H23FN2O3S2. The SMILES string of the molecule is CCN(CC)S(=O)(=O)c1ccc(F)c(C(=O)NC(c2ccccc2)c2cccs2)c1. The average molecular weight is 447 g/mol. The van der Waals surface area contributed by atoms with E-state index in [0.29, 0.717) is 0 Å². The first-order chi connectivity index (χ1) is 14.4. The van der Waals surface area contributed by atoms with Gasteiger partial charge in [0.1, 0.15) is 5.82 Å². The fourth-order valence-electron chi connectivity index (χ4n) is 3.18. The Morgan fingerprint density at radius 3 is 2.37 bits per heavy atom. The van der Waals surface area contributed by atoms with Crippen LogP contribution < -0.4 is 5.32 Å². The second kappa shape index (κ2) is 9.51. The Morgan fingerprint density at radius 1 is 1.07 bits per heavy atom. The summed E-state index contributed by atoms with van der Waals surface area (Å²) in [4.78, 5) is 13.8. The van der Waals surface area contributed by atoms with Crippen LogP contribution in [0.4, 0.5) is 4.39 Å². The fraction of sp³-hybridized carbons (Fsp3) is 0.227. The number of carbonyl (C=O) groups excluding carboxylic acids is 1. The maximum absolute atomic E-state index is 14.5. The van der Waals surface area contributed by atoms with Crippen LogP contribution in [0, 0.1) is 5.82 Å². The molecule has 0 aliphatic heterocycles. The smallest absolute Gasteiger partial charge is 0.255 e. The van der Waals surface area contributed by atoms with E-state index in [9.17, 15) is 17.6 Å². The van der Waals surface area contributed by atoms with Gasteiger partial charge in [-0.1, -0.05) is 50.2 Å². The highest BCUT2D eigenvalue weighted by molar-refractivity contribution is 7.89. The normalized spacial score (nSPS) is 12.7. The molecule has 0 saturated heterocycles. The summed E-state index contributed by atoms with van der Waals surface area (Å²) in [5, 5.41) is 4.75. The van der Waals surface area contributed by atoms with Gasteiger partial charge in [-0.3, -0.25) is 4.79 Å². The highest BCUT2D eigenvalue weighted by Gasteiger charge is 2.26. The number of thiophene rings is 1. The van der Waals surface area contributed by atoms with Crippen LogP contribution in [0.15, 0.2) is 70.9 Å². The second-order valence-electron chi connectivity index (χ2n) is 6.56. The molecule has 1 N–H and O–H groups in total. The van der Waals surface area contributed by atoms with Crippen LogP contribution in [0.3, 0.4) is 0 Å². The lowest BCUT2D eigenvalue weighted by Crippen LogP contribution is -2.32. The van der Waals surface area contributed by atoms with Gasteiger partial charge in [0.05, 0.1) is 16.5 Å². The van der Waals surface area contributed by atoms with E-state index in [2.05, 4.69) is 5.32 Å². The molecule has 0 aliphatic rings. The first-order valence-electron chi connectivity index (χ1n) is 9.57. The van der Waals surface area contributed by atoms with Gasteiger partial charge < -0.3 is 5.32 Å². The molecule has 0 aliphatic carbocycles. The van der Waals surface area contributed by atoms with Crippen LogP contribution >= 0.6 is 11.3 Å². The molecular weight excluding hydrogens is 423 g/mol. The van der Waals surface area contributed by atoms with Crippen molar-refractivity contribution in [2.75, 3.05) is 13.1 Å². The number of benzene rings is 2. The minimum atomic E-state index is -3.81. The first kappa shape index (κ1) is 22.1. The van der Waals surface area contributed by atoms with Crippen LogP contribution in [-0.4, -0.2) is 31.7 Å². The Labute approximate surface area is 180 Å². The number of hydrogen-bond acceptors (Lipinski definition) is 4. The van der Waals surface area contributed by atoms with E-state index in [1.165, 1.54) is 21.7 Å².